The molecule has 6 nitrogen and oxygen atoms in total. The van der Waals surface area contributed by atoms with Crippen LogP contribution in [0.2, 0.25) is 0 Å². The van der Waals surface area contributed by atoms with E-state index in [0.29, 0.717) is 11.4 Å². The number of carbonyl (C=O) groups is 3. The molecule has 1 N–H and O–H groups in total. The molecule has 2 aromatic rings. The first-order chi connectivity index (χ1) is 13.9. The van der Waals surface area contributed by atoms with E-state index in [1.807, 2.05) is 19.1 Å². The Bertz CT molecular complexity index is 989. The van der Waals surface area contributed by atoms with Gasteiger partial charge in [-0.1, -0.05) is 25.1 Å². The number of rotatable bonds is 6. The van der Waals surface area contributed by atoms with Crippen LogP contribution in [0.25, 0.3) is 6.08 Å². The molecule has 150 valence electrons. The van der Waals surface area contributed by atoms with Gasteiger partial charge < -0.3 is 10.1 Å². The number of nitrogens with one attached hydrogen (secondary N) is 1. The summed E-state index contributed by atoms with van der Waals surface area (Å²) in [7, 11) is 1.56. The van der Waals surface area contributed by atoms with Crippen molar-refractivity contribution >= 4 is 56.5 Å². The maximum Gasteiger partial charge on any atom is 0.294 e. The fraction of sp³-hybridized carbons (Fsp3) is 0.190. The number of benzene rings is 2. The lowest BCUT2D eigenvalue weighted by atomic mass is 10.1. The van der Waals surface area contributed by atoms with Crippen LogP contribution in [-0.2, 0) is 16.0 Å². The van der Waals surface area contributed by atoms with E-state index in [-0.39, 0.29) is 11.4 Å². The van der Waals surface area contributed by atoms with E-state index < -0.39 is 17.1 Å². The van der Waals surface area contributed by atoms with Crippen LogP contribution in [0.5, 0.6) is 5.75 Å². The molecule has 2 aromatic carbocycles. The van der Waals surface area contributed by atoms with Crippen LogP contribution < -0.4 is 10.1 Å². The summed E-state index contributed by atoms with van der Waals surface area (Å²) in [5.74, 6) is -0.243. The summed E-state index contributed by atoms with van der Waals surface area (Å²) >= 11 is 4.21. The molecule has 8 heteroatoms. The molecule has 1 fully saturated rings. The molecule has 0 saturated carbocycles. The van der Waals surface area contributed by atoms with Gasteiger partial charge in [-0.05, 0) is 75.6 Å². The number of imide groups is 1. The number of nitrogens with zero attached hydrogens (tertiary/aromatic N) is 1. The normalized spacial score (nSPS) is 15.1. The van der Waals surface area contributed by atoms with E-state index in [4.69, 9.17) is 4.74 Å². The lowest BCUT2D eigenvalue weighted by Crippen LogP contribution is -2.36. The van der Waals surface area contributed by atoms with Crippen molar-refractivity contribution in [3.05, 3.63) is 63.0 Å². The molecular weight excluding hydrogens is 456 g/mol. The molecule has 0 atom stereocenters. The SMILES string of the molecule is CCc1ccc(NC(=O)CN2C(=O)S/C(=C/c3ccc(OC)c(Br)c3)C2=O)cc1. The summed E-state index contributed by atoms with van der Waals surface area (Å²) < 4.78 is 5.92. The smallest absolute Gasteiger partial charge is 0.294 e. The zero-order valence-corrected chi connectivity index (χ0v) is 18.3. The van der Waals surface area contributed by atoms with Gasteiger partial charge in [0.05, 0.1) is 16.5 Å². The molecule has 29 heavy (non-hydrogen) atoms. The van der Waals surface area contributed by atoms with Crippen LogP contribution >= 0.6 is 27.7 Å². The predicted octanol–water partition coefficient (Wildman–Crippen LogP) is 4.70. The first-order valence-corrected chi connectivity index (χ1v) is 10.5. The summed E-state index contributed by atoms with van der Waals surface area (Å²) in [5, 5.41) is 2.24. The third-order valence-corrected chi connectivity index (χ3v) is 5.82. The summed E-state index contributed by atoms with van der Waals surface area (Å²) in [6.07, 6.45) is 2.53. The Morgan fingerprint density at radius 2 is 1.93 bits per heavy atom. The Hall–Kier alpha value is -2.58. The van der Waals surface area contributed by atoms with Gasteiger partial charge in [-0.3, -0.25) is 19.3 Å². The maximum absolute atomic E-state index is 12.6. The quantitative estimate of drug-likeness (QED) is 0.614. The zero-order chi connectivity index (χ0) is 21.0. The minimum atomic E-state index is -0.483. The second-order valence-corrected chi connectivity index (χ2v) is 8.11. The molecule has 1 aliphatic rings. The molecule has 0 bridgehead atoms. The van der Waals surface area contributed by atoms with Gasteiger partial charge >= 0.3 is 0 Å². The Labute approximate surface area is 181 Å². The fourth-order valence-corrected chi connectivity index (χ4v) is 4.12. The van der Waals surface area contributed by atoms with Crippen LogP contribution in [0.1, 0.15) is 18.1 Å². The van der Waals surface area contributed by atoms with Crippen molar-refractivity contribution in [2.24, 2.45) is 0 Å². The van der Waals surface area contributed by atoms with Gasteiger partial charge in [-0.15, -0.1) is 0 Å². The second kappa shape index (κ2) is 9.28. The van der Waals surface area contributed by atoms with Crippen LogP contribution in [-0.4, -0.2) is 35.6 Å². The Kier molecular flexibility index (Phi) is 6.76. The van der Waals surface area contributed by atoms with E-state index in [1.165, 1.54) is 0 Å². The van der Waals surface area contributed by atoms with Crippen LogP contribution in [0.3, 0.4) is 0 Å². The predicted molar refractivity (Wildman–Crippen MR) is 118 cm³/mol. The number of anilines is 1. The lowest BCUT2D eigenvalue weighted by molar-refractivity contribution is -0.127. The zero-order valence-electron chi connectivity index (χ0n) is 15.9. The molecule has 1 saturated heterocycles. The highest BCUT2D eigenvalue weighted by atomic mass is 79.9. The van der Waals surface area contributed by atoms with E-state index in [1.54, 1.807) is 43.5 Å². The Morgan fingerprint density at radius 1 is 1.21 bits per heavy atom. The molecule has 3 amide bonds. The van der Waals surface area contributed by atoms with E-state index in [9.17, 15) is 14.4 Å². The van der Waals surface area contributed by atoms with Crippen molar-refractivity contribution in [1.29, 1.82) is 0 Å². The largest absolute Gasteiger partial charge is 0.496 e. The number of hydrogen-bond donors (Lipinski definition) is 1. The number of aryl methyl sites for hydroxylation is 1. The first kappa shape index (κ1) is 21.1. The molecule has 1 aliphatic heterocycles. The summed E-state index contributed by atoms with van der Waals surface area (Å²) in [6.45, 7) is 1.72. The number of carbonyl (C=O) groups excluding carboxylic acids is 3. The molecular formula is C21H19BrN2O4S. The lowest BCUT2D eigenvalue weighted by Gasteiger charge is -2.12. The fourth-order valence-electron chi connectivity index (χ4n) is 2.73. The van der Waals surface area contributed by atoms with Gasteiger partial charge in [-0.2, -0.15) is 0 Å². The van der Waals surface area contributed by atoms with Crippen molar-refractivity contribution in [3.63, 3.8) is 0 Å². The highest BCUT2D eigenvalue weighted by Crippen LogP contribution is 2.33. The molecule has 0 spiro atoms. The minimum absolute atomic E-state index is 0.271. The molecule has 0 unspecified atom stereocenters. The molecule has 0 aromatic heterocycles. The van der Waals surface area contributed by atoms with Gasteiger partial charge in [0.15, 0.2) is 0 Å². The number of amides is 3. The monoisotopic (exact) mass is 474 g/mol. The van der Waals surface area contributed by atoms with E-state index in [0.717, 1.165) is 38.7 Å². The third-order valence-electron chi connectivity index (χ3n) is 4.29. The first-order valence-electron chi connectivity index (χ1n) is 8.89. The summed E-state index contributed by atoms with van der Waals surface area (Å²) in [6, 6.07) is 12.8. The van der Waals surface area contributed by atoms with Crippen molar-refractivity contribution in [1.82, 2.24) is 4.90 Å². The summed E-state index contributed by atoms with van der Waals surface area (Å²) in [5.41, 5.74) is 2.52. The van der Waals surface area contributed by atoms with Crippen LogP contribution in [0, 0.1) is 0 Å². The third kappa shape index (κ3) is 5.07. The minimum Gasteiger partial charge on any atom is -0.496 e. The molecule has 3 rings (SSSR count). The average molecular weight is 475 g/mol. The van der Waals surface area contributed by atoms with Crippen LogP contribution in [0.15, 0.2) is 51.8 Å². The van der Waals surface area contributed by atoms with Crippen molar-refractivity contribution < 1.29 is 19.1 Å². The van der Waals surface area contributed by atoms with Gasteiger partial charge in [0.25, 0.3) is 11.1 Å². The van der Waals surface area contributed by atoms with E-state index >= 15 is 0 Å². The second-order valence-electron chi connectivity index (χ2n) is 6.26. The molecule has 0 aliphatic carbocycles. The van der Waals surface area contributed by atoms with Gasteiger partial charge in [0.2, 0.25) is 5.91 Å². The number of halogens is 1. The molecule has 1 heterocycles. The van der Waals surface area contributed by atoms with Crippen molar-refractivity contribution in [2.75, 3.05) is 19.0 Å². The maximum atomic E-state index is 12.6. The number of methoxy groups -OCH3 is 1. The summed E-state index contributed by atoms with van der Waals surface area (Å²) in [4.78, 5) is 38.3. The number of thioether (sulfide) groups is 1. The van der Waals surface area contributed by atoms with E-state index in [2.05, 4.69) is 21.2 Å². The topological polar surface area (TPSA) is 75.7 Å². The van der Waals surface area contributed by atoms with Crippen molar-refractivity contribution in [2.45, 2.75) is 13.3 Å². The van der Waals surface area contributed by atoms with Gasteiger partial charge in [-0.25, -0.2) is 0 Å². The van der Waals surface area contributed by atoms with Gasteiger partial charge in [0, 0.05) is 5.69 Å². The highest BCUT2D eigenvalue weighted by molar-refractivity contribution is 9.10. The van der Waals surface area contributed by atoms with Crippen molar-refractivity contribution in [3.8, 4) is 5.75 Å². The number of ether oxygens (including phenoxy) is 1. The average Bonchev–Trinajstić information content (AvgIpc) is 2.96. The Morgan fingerprint density at radius 3 is 2.55 bits per heavy atom. The molecule has 0 radical (unpaired) electrons. The highest BCUT2D eigenvalue weighted by Gasteiger charge is 2.36. The number of hydrogen-bond acceptors (Lipinski definition) is 5. The standard InChI is InChI=1S/C21H19BrN2O4S/c1-3-13-4-7-15(8-5-13)23-19(25)12-24-20(26)18(29-21(24)27)11-14-6-9-17(28-2)16(22)10-14/h4-11H,3,12H2,1-2H3,(H,23,25)/b18-11+. The van der Waals surface area contributed by atoms with Crippen LogP contribution in [0.4, 0.5) is 10.5 Å². The van der Waals surface area contributed by atoms with Gasteiger partial charge in [0.1, 0.15) is 12.3 Å². The Balaban J connectivity index is 1.68.